The van der Waals surface area contributed by atoms with Crippen LogP contribution in [0.2, 0.25) is 0 Å². The predicted molar refractivity (Wildman–Crippen MR) is 77.0 cm³/mol. The molecule has 0 radical (unpaired) electrons. The fourth-order valence-electron chi connectivity index (χ4n) is 1.87. The monoisotopic (exact) mass is 329 g/mol. The molecule has 0 unspecified atom stereocenters. The number of amides is 1. The van der Waals surface area contributed by atoms with Crippen molar-refractivity contribution in [2.24, 2.45) is 0 Å². The molecule has 23 heavy (non-hydrogen) atoms. The second-order valence-electron chi connectivity index (χ2n) is 4.66. The highest BCUT2D eigenvalue weighted by Crippen LogP contribution is 2.26. The summed E-state index contributed by atoms with van der Waals surface area (Å²) in [5.74, 6) is 0.669. The van der Waals surface area contributed by atoms with E-state index in [1.165, 1.54) is 12.1 Å². The van der Waals surface area contributed by atoms with Gasteiger partial charge in [-0.1, -0.05) is 12.1 Å². The lowest BCUT2D eigenvalue weighted by molar-refractivity contribution is -0.153. The van der Waals surface area contributed by atoms with Gasteiger partial charge >= 0.3 is 12.3 Å². The molecule has 0 saturated carbocycles. The fraction of sp³-hybridized carbons (Fsp3) is 0.267. The first-order valence-corrected chi connectivity index (χ1v) is 6.66. The fourth-order valence-corrected chi connectivity index (χ4v) is 1.87. The van der Waals surface area contributed by atoms with Gasteiger partial charge in [0.15, 0.2) is 6.61 Å². The third-order valence-electron chi connectivity index (χ3n) is 2.83. The zero-order valence-electron chi connectivity index (χ0n) is 11.9. The largest absolute Gasteiger partial charge is 0.492 e. The average molecular weight is 329 g/mol. The first kappa shape index (κ1) is 16.7. The molecule has 2 aromatic carbocycles. The van der Waals surface area contributed by atoms with Crippen LogP contribution >= 0.6 is 0 Å². The van der Waals surface area contributed by atoms with Crippen molar-refractivity contribution in [2.45, 2.75) is 6.18 Å². The molecule has 124 valence electrons. The van der Waals surface area contributed by atoms with Gasteiger partial charge < -0.3 is 19.9 Å². The van der Waals surface area contributed by atoms with Crippen molar-refractivity contribution in [3.63, 3.8) is 0 Å². The van der Waals surface area contributed by atoms with Crippen molar-refractivity contribution in [1.82, 2.24) is 5.32 Å². The van der Waals surface area contributed by atoms with Gasteiger partial charge in [-0.25, -0.2) is 4.79 Å². The van der Waals surface area contributed by atoms with Gasteiger partial charge in [-0.05, 0) is 35.0 Å². The Kier molecular flexibility index (Phi) is 5.15. The maximum atomic E-state index is 12.1. The number of benzene rings is 2. The van der Waals surface area contributed by atoms with Crippen LogP contribution in [0, 0.1) is 0 Å². The molecule has 2 N–H and O–H groups in total. The van der Waals surface area contributed by atoms with E-state index in [9.17, 15) is 18.0 Å². The highest BCUT2D eigenvalue weighted by Gasteiger charge is 2.28. The zero-order valence-corrected chi connectivity index (χ0v) is 11.9. The lowest BCUT2D eigenvalue weighted by atomic mass is 10.1. The van der Waals surface area contributed by atoms with Crippen LogP contribution in [0.25, 0.3) is 10.8 Å². The van der Waals surface area contributed by atoms with Gasteiger partial charge in [0.05, 0.1) is 6.54 Å². The van der Waals surface area contributed by atoms with Crippen molar-refractivity contribution in [3.05, 3.63) is 36.4 Å². The molecule has 5 nitrogen and oxygen atoms in total. The number of carbonyl (C=O) groups is 1. The standard InChI is InChI=1S/C15H14F3NO4/c16-15(17,18)9-23-13-4-2-10-7-12(3-1-11(10)8-13)22-6-5-19-14(20)21/h1-4,7-8,19H,5-6,9H2,(H,20,21). The van der Waals surface area contributed by atoms with E-state index in [2.05, 4.69) is 5.32 Å². The Morgan fingerprint density at radius 1 is 1.04 bits per heavy atom. The van der Waals surface area contributed by atoms with Crippen molar-refractivity contribution >= 4 is 16.9 Å². The van der Waals surface area contributed by atoms with E-state index >= 15 is 0 Å². The van der Waals surface area contributed by atoms with Crippen LogP contribution in [-0.2, 0) is 0 Å². The molecule has 0 spiro atoms. The lowest BCUT2D eigenvalue weighted by Gasteiger charge is -2.11. The summed E-state index contributed by atoms with van der Waals surface area (Å²) >= 11 is 0. The molecule has 2 aromatic rings. The molecule has 0 bridgehead atoms. The molecule has 0 saturated heterocycles. The number of ether oxygens (including phenoxy) is 2. The topological polar surface area (TPSA) is 67.8 Å². The molecule has 0 aliphatic heterocycles. The summed E-state index contributed by atoms with van der Waals surface area (Å²) in [5.41, 5.74) is 0. The summed E-state index contributed by atoms with van der Waals surface area (Å²) in [6, 6.07) is 9.64. The number of nitrogens with one attached hydrogen (secondary N) is 1. The van der Waals surface area contributed by atoms with E-state index in [0.29, 0.717) is 11.1 Å². The number of carboxylic acid groups (broad SMARTS) is 1. The Morgan fingerprint density at radius 3 is 2.13 bits per heavy atom. The lowest BCUT2D eigenvalue weighted by Crippen LogP contribution is -2.26. The molecule has 0 atom stereocenters. The van der Waals surface area contributed by atoms with Crippen molar-refractivity contribution in [1.29, 1.82) is 0 Å². The molecule has 8 heteroatoms. The summed E-state index contributed by atoms with van der Waals surface area (Å²) in [6.45, 7) is -1.02. The number of hydrogen-bond donors (Lipinski definition) is 2. The van der Waals surface area contributed by atoms with E-state index < -0.39 is 18.9 Å². The first-order valence-electron chi connectivity index (χ1n) is 6.66. The van der Waals surface area contributed by atoms with Crippen molar-refractivity contribution in [2.75, 3.05) is 19.8 Å². The van der Waals surface area contributed by atoms with Crippen LogP contribution in [-0.4, -0.2) is 37.1 Å². The minimum Gasteiger partial charge on any atom is -0.492 e. The van der Waals surface area contributed by atoms with Gasteiger partial charge in [0, 0.05) is 0 Å². The summed E-state index contributed by atoms with van der Waals surface area (Å²) in [4.78, 5) is 10.3. The summed E-state index contributed by atoms with van der Waals surface area (Å²) < 4.78 is 46.4. The van der Waals surface area contributed by atoms with Crippen LogP contribution < -0.4 is 14.8 Å². The Bertz CT molecular complexity index is 688. The normalized spacial score (nSPS) is 11.3. The summed E-state index contributed by atoms with van der Waals surface area (Å²) in [6.07, 6.45) is -5.50. The minimum atomic E-state index is -4.38. The van der Waals surface area contributed by atoms with Crippen LogP contribution in [0.1, 0.15) is 0 Å². The van der Waals surface area contributed by atoms with E-state index in [1.807, 2.05) is 0 Å². The second-order valence-corrected chi connectivity index (χ2v) is 4.66. The Morgan fingerprint density at radius 2 is 1.61 bits per heavy atom. The third kappa shape index (κ3) is 5.57. The summed E-state index contributed by atoms with van der Waals surface area (Å²) in [5, 5.41) is 12.1. The van der Waals surface area contributed by atoms with Crippen molar-refractivity contribution in [3.8, 4) is 11.5 Å². The van der Waals surface area contributed by atoms with Gasteiger partial charge in [-0.2, -0.15) is 13.2 Å². The highest BCUT2D eigenvalue weighted by molar-refractivity contribution is 5.85. The van der Waals surface area contributed by atoms with Crippen LogP contribution in [0.15, 0.2) is 36.4 Å². The van der Waals surface area contributed by atoms with Gasteiger partial charge in [0.2, 0.25) is 0 Å². The highest BCUT2D eigenvalue weighted by atomic mass is 19.4. The molecule has 0 aliphatic rings. The maximum absolute atomic E-state index is 12.1. The van der Waals surface area contributed by atoms with Crippen LogP contribution in [0.3, 0.4) is 0 Å². The van der Waals surface area contributed by atoms with E-state index in [0.717, 1.165) is 5.39 Å². The van der Waals surface area contributed by atoms with Gasteiger partial charge in [0.25, 0.3) is 0 Å². The quantitative estimate of drug-likeness (QED) is 0.797. The van der Waals surface area contributed by atoms with Crippen LogP contribution in [0.5, 0.6) is 11.5 Å². The number of halogens is 3. The molecule has 0 aliphatic carbocycles. The van der Waals surface area contributed by atoms with Crippen LogP contribution in [0.4, 0.5) is 18.0 Å². The van der Waals surface area contributed by atoms with E-state index in [1.54, 1.807) is 24.3 Å². The second kappa shape index (κ2) is 7.08. The van der Waals surface area contributed by atoms with Gasteiger partial charge in [0.1, 0.15) is 18.1 Å². The maximum Gasteiger partial charge on any atom is 0.422 e. The first-order chi connectivity index (χ1) is 10.8. The zero-order chi connectivity index (χ0) is 16.9. The Hall–Kier alpha value is -2.64. The molecule has 0 aromatic heterocycles. The number of hydrogen-bond acceptors (Lipinski definition) is 3. The summed E-state index contributed by atoms with van der Waals surface area (Å²) in [7, 11) is 0. The predicted octanol–water partition coefficient (Wildman–Crippen LogP) is 3.43. The van der Waals surface area contributed by atoms with Gasteiger partial charge in [-0.3, -0.25) is 0 Å². The molecular formula is C15H14F3NO4. The Labute approximate surface area is 129 Å². The number of rotatable bonds is 6. The number of alkyl halides is 3. The third-order valence-corrected chi connectivity index (χ3v) is 2.83. The smallest absolute Gasteiger partial charge is 0.422 e. The number of fused-ring (bicyclic) bond motifs is 1. The van der Waals surface area contributed by atoms with Gasteiger partial charge in [-0.15, -0.1) is 0 Å². The van der Waals surface area contributed by atoms with Crippen molar-refractivity contribution < 1.29 is 32.5 Å². The minimum absolute atomic E-state index is 0.133. The molecule has 2 rings (SSSR count). The average Bonchev–Trinajstić information content (AvgIpc) is 2.48. The van der Waals surface area contributed by atoms with E-state index in [-0.39, 0.29) is 18.9 Å². The SMILES string of the molecule is O=C(O)NCCOc1ccc2cc(OCC(F)(F)F)ccc2c1. The molecule has 0 fully saturated rings. The molecular weight excluding hydrogens is 315 g/mol. The molecule has 0 heterocycles. The van der Waals surface area contributed by atoms with E-state index in [4.69, 9.17) is 14.6 Å². The molecule has 1 amide bonds. The Balaban J connectivity index is 1.99.